The predicted octanol–water partition coefficient (Wildman–Crippen LogP) is -0.567. The summed E-state index contributed by atoms with van der Waals surface area (Å²) in [7, 11) is -1.64. The second-order valence-corrected chi connectivity index (χ2v) is 5.29. The lowest BCUT2D eigenvalue weighted by Gasteiger charge is -2.13. The van der Waals surface area contributed by atoms with Crippen molar-refractivity contribution >= 4 is 9.84 Å². The highest BCUT2D eigenvalue weighted by Gasteiger charge is 2.14. The fraction of sp³-hybridized carbons (Fsp3) is 0.625. The molecule has 6 nitrogen and oxygen atoms in total. The summed E-state index contributed by atoms with van der Waals surface area (Å²) < 4.78 is 28.9. The van der Waals surface area contributed by atoms with E-state index in [1.54, 1.807) is 7.11 Å². The molecule has 1 aromatic heterocycles. The maximum absolute atomic E-state index is 11.2. The van der Waals surface area contributed by atoms with Crippen LogP contribution in [0.5, 0.6) is 0 Å². The first-order valence-electron chi connectivity index (χ1n) is 4.42. The summed E-state index contributed by atoms with van der Waals surface area (Å²) >= 11 is 0. The van der Waals surface area contributed by atoms with Crippen LogP contribution in [0, 0.1) is 0 Å². The molecule has 0 saturated carbocycles. The molecule has 1 aromatic rings. The summed E-state index contributed by atoms with van der Waals surface area (Å²) in [4.78, 5) is 0.192. The SMILES string of the molecule is COCC(CN)n1cc(S(C)(=O)=O)cn1. The van der Waals surface area contributed by atoms with Gasteiger partial charge in [0.05, 0.1) is 18.8 Å². The average Bonchev–Trinajstić information content (AvgIpc) is 2.62. The summed E-state index contributed by atoms with van der Waals surface area (Å²) in [5.74, 6) is 0. The van der Waals surface area contributed by atoms with Gasteiger partial charge in [-0.25, -0.2) is 8.42 Å². The van der Waals surface area contributed by atoms with Crippen molar-refractivity contribution in [3.05, 3.63) is 12.4 Å². The molecule has 15 heavy (non-hydrogen) atoms. The number of methoxy groups -OCH3 is 1. The highest BCUT2D eigenvalue weighted by atomic mass is 32.2. The van der Waals surface area contributed by atoms with Gasteiger partial charge in [0.1, 0.15) is 4.90 Å². The van der Waals surface area contributed by atoms with Gasteiger partial charge in [-0.15, -0.1) is 0 Å². The van der Waals surface area contributed by atoms with Crippen LogP contribution in [0.15, 0.2) is 17.3 Å². The number of sulfone groups is 1. The molecular weight excluding hydrogens is 218 g/mol. The van der Waals surface area contributed by atoms with Crippen molar-refractivity contribution in [3.63, 3.8) is 0 Å². The molecule has 0 radical (unpaired) electrons. The zero-order valence-electron chi connectivity index (χ0n) is 8.75. The van der Waals surface area contributed by atoms with Crippen LogP contribution in [-0.4, -0.2) is 44.7 Å². The molecular formula is C8H15N3O3S. The minimum absolute atomic E-state index is 0.134. The number of hydrogen-bond acceptors (Lipinski definition) is 5. The van der Waals surface area contributed by atoms with Gasteiger partial charge in [0.15, 0.2) is 9.84 Å². The van der Waals surface area contributed by atoms with Crippen molar-refractivity contribution in [2.45, 2.75) is 10.9 Å². The van der Waals surface area contributed by atoms with E-state index in [9.17, 15) is 8.42 Å². The topological polar surface area (TPSA) is 87.2 Å². The fourth-order valence-corrected chi connectivity index (χ4v) is 1.69. The number of ether oxygens (including phenoxy) is 1. The third-order valence-corrected chi connectivity index (χ3v) is 3.08. The molecule has 0 fully saturated rings. The Bertz CT molecular complexity index is 413. The van der Waals surface area contributed by atoms with Crippen molar-refractivity contribution in [3.8, 4) is 0 Å². The zero-order valence-corrected chi connectivity index (χ0v) is 9.57. The molecule has 2 N–H and O–H groups in total. The molecule has 1 atom stereocenters. The molecule has 0 spiro atoms. The van der Waals surface area contributed by atoms with Crippen molar-refractivity contribution in [1.82, 2.24) is 9.78 Å². The van der Waals surface area contributed by atoms with Crippen LogP contribution < -0.4 is 5.73 Å². The minimum atomic E-state index is -3.20. The molecule has 0 bridgehead atoms. The lowest BCUT2D eigenvalue weighted by Crippen LogP contribution is -2.23. The van der Waals surface area contributed by atoms with Crippen molar-refractivity contribution in [2.75, 3.05) is 26.5 Å². The smallest absolute Gasteiger partial charge is 0.178 e. The summed E-state index contributed by atoms with van der Waals surface area (Å²) in [6, 6.07) is -0.134. The fourth-order valence-electron chi connectivity index (χ4n) is 1.16. The van der Waals surface area contributed by atoms with Gasteiger partial charge < -0.3 is 10.5 Å². The summed E-state index contributed by atoms with van der Waals surface area (Å²) in [5, 5.41) is 3.95. The molecule has 1 unspecified atom stereocenters. The largest absolute Gasteiger partial charge is 0.382 e. The van der Waals surface area contributed by atoms with E-state index in [1.165, 1.54) is 17.1 Å². The van der Waals surface area contributed by atoms with Crippen LogP contribution in [0.25, 0.3) is 0 Å². The van der Waals surface area contributed by atoms with Crippen LogP contribution >= 0.6 is 0 Å². The third kappa shape index (κ3) is 3.01. The van der Waals surface area contributed by atoms with Crippen molar-refractivity contribution < 1.29 is 13.2 Å². The molecule has 0 amide bonds. The van der Waals surface area contributed by atoms with Gasteiger partial charge in [0.25, 0.3) is 0 Å². The van der Waals surface area contributed by atoms with Gasteiger partial charge in [-0.05, 0) is 0 Å². The van der Waals surface area contributed by atoms with Gasteiger partial charge in [-0.2, -0.15) is 5.10 Å². The van der Waals surface area contributed by atoms with Crippen LogP contribution in [0.3, 0.4) is 0 Å². The highest BCUT2D eigenvalue weighted by Crippen LogP contribution is 2.10. The van der Waals surface area contributed by atoms with Gasteiger partial charge in [-0.1, -0.05) is 0 Å². The van der Waals surface area contributed by atoms with Gasteiger partial charge in [-0.3, -0.25) is 4.68 Å². The van der Waals surface area contributed by atoms with Crippen LogP contribution in [-0.2, 0) is 14.6 Å². The molecule has 1 rings (SSSR count). The van der Waals surface area contributed by atoms with Crippen LogP contribution in [0.1, 0.15) is 6.04 Å². The summed E-state index contributed by atoms with van der Waals surface area (Å²) in [5.41, 5.74) is 5.52. The molecule has 0 aromatic carbocycles. The number of aromatic nitrogens is 2. The van der Waals surface area contributed by atoms with E-state index < -0.39 is 9.84 Å². The van der Waals surface area contributed by atoms with E-state index in [4.69, 9.17) is 10.5 Å². The Morgan fingerprint density at radius 3 is 2.73 bits per heavy atom. The normalized spacial score (nSPS) is 14.1. The molecule has 0 aliphatic heterocycles. The predicted molar refractivity (Wildman–Crippen MR) is 55.3 cm³/mol. The molecule has 0 aliphatic rings. The monoisotopic (exact) mass is 233 g/mol. The third-order valence-electron chi connectivity index (χ3n) is 2.01. The minimum Gasteiger partial charge on any atom is -0.382 e. The first-order chi connectivity index (χ1) is 6.99. The summed E-state index contributed by atoms with van der Waals surface area (Å²) in [6.07, 6.45) is 3.92. The van der Waals surface area contributed by atoms with Crippen molar-refractivity contribution in [2.24, 2.45) is 5.73 Å². The maximum Gasteiger partial charge on any atom is 0.178 e. The second-order valence-electron chi connectivity index (χ2n) is 3.27. The van der Waals surface area contributed by atoms with E-state index in [0.29, 0.717) is 13.2 Å². The van der Waals surface area contributed by atoms with Crippen LogP contribution in [0.2, 0.25) is 0 Å². The van der Waals surface area contributed by atoms with Gasteiger partial charge >= 0.3 is 0 Å². The molecule has 7 heteroatoms. The number of hydrogen-bond donors (Lipinski definition) is 1. The lowest BCUT2D eigenvalue weighted by atomic mass is 10.3. The first kappa shape index (κ1) is 12.2. The molecule has 0 saturated heterocycles. The van der Waals surface area contributed by atoms with Crippen molar-refractivity contribution in [1.29, 1.82) is 0 Å². The zero-order chi connectivity index (χ0) is 11.5. The Morgan fingerprint density at radius 1 is 1.67 bits per heavy atom. The average molecular weight is 233 g/mol. The molecule has 86 valence electrons. The van der Waals surface area contributed by atoms with E-state index in [1.807, 2.05) is 0 Å². The Morgan fingerprint density at radius 2 is 2.33 bits per heavy atom. The molecule has 1 heterocycles. The quantitative estimate of drug-likeness (QED) is 0.736. The number of nitrogens with two attached hydrogens (primary N) is 1. The Kier molecular flexibility index (Phi) is 3.83. The summed E-state index contributed by atoms with van der Waals surface area (Å²) in [6.45, 7) is 0.750. The molecule has 0 aliphatic carbocycles. The van der Waals surface area contributed by atoms with Crippen LogP contribution in [0.4, 0.5) is 0 Å². The standard InChI is InChI=1S/C8H15N3O3S/c1-14-6-7(3-9)11-5-8(4-10-11)15(2,12)13/h4-5,7H,3,6,9H2,1-2H3. The first-order valence-corrected chi connectivity index (χ1v) is 6.31. The van der Waals surface area contributed by atoms with E-state index >= 15 is 0 Å². The van der Waals surface area contributed by atoms with Gasteiger partial charge in [0, 0.05) is 26.1 Å². The number of nitrogens with zero attached hydrogens (tertiary/aromatic N) is 2. The maximum atomic E-state index is 11.2. The Balaban J connectivity index is 2.92. The lowest BCUT2D eigenvalue weighted by molar-refractivity contribution is 0.152. The number of rotatable bonds is 5. The second kappa shape index (κ2) is 4.73. The highest BCUT2D eigenvalue weighted by molar-refractivity contribution is 7.90. The van der Waals surface area contributed by atoms with E-state index in [2.05, 4.69) is 5.10 Å². The Labute approximate surface area is 88.9 Å². The Hall–Kier alpha value is -0.920. The van der Waals surface area contributed by atoms with E-state index in [0.717, 1.165) is 6.26 Å². The van der Waals surface area contributed by atoms with Gasteiger partial charge in [0.2, 0.25) is 0 Å². The van der Waals surface area contributed by atoms with E-state index in [-0.39, 0.29) is 10.9 Å².